The van der Waals surface area contributed by atoms with E-state index in [1.54, 1.807) is 6.92 Å². The molecular weight excluding hydrogens is 304 g/mol. The fourth-order valence-corrected chi connectivity index (χ4v) is 1.88. The van der Waals surface area contributed by atoms with E-state index in [-0.39, 0.29) is 11.0 Å². The van der Waals surface area contributed by atoms with Crippen LogP contribution in [0.1, 0.15) is 17.3 Å². The Morgan fingerprint density at radius 2 is 2.00 bits per heavy atom. The van der Waals surface area contributed by atoms with Crippen molar-refractivity contribution in [1.29, 1.82) is 0 Å². The summed E-state index contributed by atoms with van der Waals surface area (Å²) in [5.74, 6) is -0.216. The predicted molar refractivity (Wildman–Crippen MR) is 73.7 cm³/mol. The van der Waals surface area contributed by atoms with Gasteiger partial charge in [0.2, 0.25) is 0 Å². The van der Waals surface area contributed by atoms with E-state index in [1.165, 1.54) is 24.3 Å². The van der Waals surface area contributed by atoms with Gasteiger partial charge in [-0.05, 0) is 31.2 Å². The molecule has 0 N–H and O–H groups in total. The molecule has 0 fully saturated rings. The number of aromatic nitrogens is 2. The third-order valence-corrected chi connectivity index (χ3v) is 3.07. The Bertz CT molecular complexity index is 672. The van der Waals surface area contributed by atoms with Crippen molar-refractivity contribution in [2.24, 2.45) is 0 Å². The Morgan fingerprint density at radius 3 is 2.65 bits per heavy atom. The van der Waals surface area contributed by atoms with Crippen LogP contribution in [0, 0.1) is 0 Å². The quantitative estimate of drug-likeness (QED) is 0.807. The van der Waals surface area contributed by atoms with Crippen molar-refractivity contribution >= 4 is 29.3 Å². The van der Waals surface area contributed by atoms with E-state index in [0.29, 0.717) is 17.9 Å². The summed E-state index contributed by atoms with van der Waals surface area (Å²) in [7, 11) is 0. The Balaban J connectivity index is 2.17. The van der Waals surface area contributed by atoms with Crippen molar-refractivity contribution in [1.82, 2.24) is 8.75 Å². The summed E-state index contributed by atoms with van der Waals surface area (Å²) >= 11 is 6.36. The van der Waals surface area contributed by atoms with Crippen molar-refractivity contribution in [3.05, 3.63) is 45.2 Å². The number of hydrogen-bond acceptors (Lipinski definition) is 7. The molecule has 1 heterocycles. The Morgan fingerprint density at radius 1 is 1.30 bits per heavy atom. The summed E-state index contributed by atoms with van der Waals surface area (Å²) in [6.07, 6.45) is 0. The van der Waals surface area contributed by atoms with Crippen LogP contribution in [0.2, 0.25) is 5.15 Å². The molecule has 8 heteroatoms. The van der Waals surface area contributed by atoms with Crippen molar-refractivity contribution < 1.29 is 14.3 Å². The number of ether oxygens (including phenoxy) is 2. The van der Waals surface area contributed by atoms with Crippen LogP contribution in [0.3, 0.4) is 0 Å². The van der Waals surface area contributed by atoms with Gasteiger partial charge in [-0.15, -0.1) is 4.37 Å². The standard InChI is InChI=1S/C12H9ClN2O4S/c1-2-18-12(17)7-3-5-8(6-4-7)19-11-9(16)10(13)14-20-15-11/h3-6H,2H2,1H3. The first-order chi connectivity index (χ1) is 9.61. The third kappa shape index (κ3) is 3.31. The molecule has 0 spiro atoms. The normalized spacial score (nSPS) is 10.1. The summed E-state index contributed by atoms with van der Waals surface area (Å²) in [6.45, 7) is 2.03. The number of benzene rings is 1. The van der Waals surface area contributed by atoms with Gasteiger partial charge in [0, 0.05) is 0 Å². The molecule has 0 saturated heterocycles. The molecule has 0 bridgehead atoms. The number of esters is 1. The lowest BCUT2D eigenvalue weighted by Crippen LogP contribution is -2.08. The fraction of sp³-hybridized carbons (Fsp3) is 0.167. The van der Waals surface area contributed by atoms with Gasteiger partial charge in [-0.25, -0.2) is 4.79 Å². The second-order valence-corrected chi connectivity index (χ2v) is 4.42. The van der Waals surface area contributed by atoms with Gasteiger partial charge in [0.25, 0.3) is 11.3 Å². The smallest absolute Gasteiger partial charge is 0.338 e. The second-order valence-electron chi connectivity index (χ2n) is 3.54. The molecule has 0 aliphatic heterocycles. The Labute approximate surface area is 123 Å². The maximum absolute atomic E-state index is 11.6. The van der Waals surface area contributed by atoms with E-state index >= 15 is 0 Å². The number of carbonyl (C=O) groups is 1. The monoisotopic (exact) mass is 312 g/mol. The highest BCUT2D eigenvalue weighted by atomic mass is 35.5. The van der Waals surface area contributed by atoms with Gasteiger partial charge >= 0.3 is 5.97 Å². The molecule has 2 aromatic rings. The summed E-state index contributed by atoms with van der Waals surface area (Å²) in [6, 6.07) is 6.13. The van der Waals surface area contributed by atoms with Crippen molar-refractivity contribution in [2.45, 2.75) is 6.92 Å². The molecule has 20 heavy (non-hydrogen) atoms. The molecular formula is C12H9ClN2O4S. The van der Waals surface area contributed by atoms with Crippen molar-refractivity contribution in [3.8, 4) is 11.6 Å². The lowest BCUT2D eigenvalue weighted by Gasteiger charge is -2.04. The Kier molecular flexibility index (Phi) is 4.65. The highest BCUT2D eigenvalue weighted by Gasteiger charge is 2.10. The minimum absolute atomic E-state index is 0.154. The van der Waals surface area contributed by atoms with Gasteiger partial charge in [0.05, 0.1) is 23.9 Å². The van der Waals surface area contributed by atoms with Gasteiger partial charge in [-0.2, -0.15) is 4.37 Å². The number of carbonyl (C=O) groups excluding carboxylic acids is 1. The summed E-state index contributed by atoms with van der Waals surface area (Å²) in [5.41, 5.74) is -0.190. The number of rotatable bonds is 4. The molecule has 0 radical (unpaired) electrons. The first-order valence-corrected chi connectivity index (χ1v) is 6.70. The maximum atomic E-state index is 11.6. The molecule has 0 saturated carbocycles. The largest absolute Gasteiger partial charge is 0.462 e. The van der Waals surface area contributed by atoms with Crippen LogP contribution < -0.4 is 10.2 Å². The zero-order chi connectivity index (χ0) is 14.5. The SMILES string of the molecule is CCOC(=O)c1ccc(Oc2nsnc(Cl)c2=O)cc1. The molecule has 1 aromatic heterocycles. The van der Waals surface area contributed by atoms with Crippen molar-refractivity contribution in [3.63, 3.8) is 0 Å². The van der Waals surface area contributed by atoms with Crippen LogP contribution in [-0.4, -0.2) is 21.3 Å². The van der Waals surface area contributed by atoms with Crippen LogP contribution in [0.15, 0.2) is 29.1 Å². The molecule has 0 amide bonds. The average molecular weight is 313 g/mol. The van der Waals surface area contributed by atoms with Gasteiger partial charge in [-0.3, -0.25) is 4.79 Å². The molecule has 0 atom stereocenters. The molecule has 6 nitrogen and oxygen atoms in total. The summed E-state index contributed by atoms with van der Waals surface area (Å²) in [5, 5.41) is -0.192. The maximum Gasteiger partial charge on any atom is 0.338 e. The summed E-state index contributed by atoms with van der Waals surface area (Å²) < 4.78 is 17.5. The van der Waals surface area contributed by atoms with Crippen LogP contribution in [0.4, 0.5) is 0 Å². The van der Waals surface area contributed by atoms with Crippen LogP contribution in [-0.2, 0) is 4.74 Å². The number of nitrogens with zero attached hydrogens (tertiary/aromatic N) is 2. The van der Waals surface area contributed by atoms with E-state index in [9.17, 15) is 9.59 Å². The zero-order valence-corrected chi connectivity index (χ0v) is 11.9. The number of hydrogen-bond donors (Lipinski definition) is 0. The van der Waals surface area contributed by atoms with E-state index < -0.39 is 11.4 Å². The molecule has 0 aliphatic carbocycles. The molecule has 0 unspecified atom stereocenters. The number of halogens is 1. The highest BCUT2D eigenvalue weighted by molar-refractivity contribution is 6.99. The van der Waals surface area contributed by atoms with Gasteiger partial charge in [0.15, 0.2) is 5.15 Å². The molecule has 104 valence electrons. The minimum Gasteiger partial charge on any atom is -0.462 e. The van der Waals surface area contributed by atoms with Gasteiger partial charge in [-0.1, -0.05) is 11.6 Å². The fourth-order valence-electron chi connectivity index (χ4n) is 1.31. The lowest BCUT2D eigenvalue weighted by molar-refractivity contribution is 0.0526. The lowest BCUT2D eigenvalue weighted by atomic mass is 10.2. The zero-order valence-electron chi connectivity index (χ0n) is 10.3. The first kappa shape index (κ1) is 14.4. The first-order valence-electron chi connectivity index (χ1n) is 5.59. The van der Waals surface area contributed by atoms with Crippen LogP contribution in [0.5, 0.6) is 11.6 Å². The molecule has 0 aliphatic rings. The van der Waals surface area contributed by atoms with E-state index in [0.717, 1.165) is 11.7 Å². The second kappa shape index (κ2) is 6.44. The third-order valence-electron chi connectivity index (χ3n) is 2.21. The summed E-state index contributed by atoms with van der Waals surface area (Å²) in [4.78, 5) is 23.0. The molecule has 1 aromatic carbocycles. The predicted octanol–water partition coefficient (Wildman–Crippen LogP) is 2.52. The van der Waals surface area contributed by atoms with E-state index in [4.69, 9.17) is 21.1 Å². The molecule has 2 rings (SSSR count). The highest BCUT2D eigenvalue weighted by Crippen LogP contribution is 2.18. The van der Waals surface area contributed by atoms with Crippen LogP contribution >= 0.6 is 23.3 Å². The topological polar surface area (TPSA) is 78.4 Å². The van der Waals surface area contributed by atoms with Crippen LogP contribution in [0.25, 0.3) is 0 Å². The van der Waals surface area contributed by atoms with Crippen molar-refractivity contribution in [2.75, 3.05) is 6.61 Å². The van der Waals surface area contributed by atoms with E-state index in [1.807, 2.05) is 0 Å². The van der Waals surface area contributed by atoms with Gasteiger partial charge < -0.3 is 9.47 Å². The average Bonchev–Trinajstić information content (AvgIpc) is 2.45. The Hall–Kier alpha value is -1.99. The van der Waals surface area contributed by atoms with Gasteiger partial charge in [0.1, 0.15) is 5.75 Å². The van der Waals surface area contributed by atoms with E-state index in [2.05, 4.69) is 8.75 Å². The minimum atomic E-state index is -0.583.